The van der Waals surface area contributed by atoms with Crippen LogP contribution in [0.2, 0.25) is 0 Å². The molecule has 104 valence electrons. The highest BCUT2D eigenvalue weighted by Crippen LogP contribution is 2.29. The molecule has 2 aromatic rings. The Morgan fingerprint density at radius 2 is 1.40 bits per heavy atom. The number of rotatable bonds is 2. The van der Waals surface area contributed by atoms with Gasteiger partial charge in [-0.05, 0) is 43.2 Å². The molecule has 0 fully saturated rings. The maximum Gasteiger partial charge on any atom is 0.416 e. The average Bonchev–Trinajstić information content (AvgIpc) is 2.40. The molecule has 0 unspecified atom stereocenters. The molecule has 0 saturated heterocycles. The fraction of sp³-hybridized carbons (Fsp3) is 0.188. The van der Waals surface area contributed by atoms with Gasteiger partial charge in [0.15, 0.2) is 5.78 Å². The summed E-state index contributed by atoms with van der Waals surface area (Å²) in [6.45, 7) is 3.82. The number of hydrogen-bond acceptors (Lipinski definition) is 1. The van der Waals surface area contributed by atoms with Gasteiger partial charge in [0.25, 0.3) is 0 Å². The third kappa shape index (κ3) is 2.90. The van der Waals surface area contributed by atoms with E-state index in [0.717, 1.165) is 23.3 Å². The van der Waals surface area contributed by atoms with E-state index in [2.05, 4.69) is 0 Å². The molecule has 0 atom stereocenters. The number of ketones is 1. The fourth-order valence-corrected chi connectivity index (χ4v) is 1.86. The van der Waals surface area contributed by atoms with Gasteiger partial charge in [0.1, 0.15) is 0 Å². The van der Waals surface area contributed by atoms with E-state index in [-0.39, 0.29) is 11.3 Å². The van der Waals surface area contributed by atoms with Gasteiger partial charge in [-0.25, -0.2) is 0 Å². The molecule has 0 heterocycles. The van der Waals surface area contributed by atoms with Crippen molar-refractivity contribution in [1.82, 2.24) is 0 Å². The standard InChI is InChI=1S/C16H13F3O/c1-10-3-4-13(9-11(10)2)15(20)12-5-7-14(8-6-12)16(17,18)19/h3-9H,1-2H3. The predicted octanol–water partition coefficient (Wildman–Crippen LogP) is 4.55. The Morgan fingerprint density at radius 1 is 0.850 bits per heavy atom. The first-order chi connectivity index (χ1) is 9.29. The first kappa shape index (κ1) is 14.3. The number of alkyl halides is 3. The predicted molar refractivity (Wildman–Crippen MR) is 70.8 cm³/mol. The molecule has 0 aliphatic rings. The van der Waals surface area contributed by atoms with Gasteiger partial charge < -0.3 is 0 Å². The minimum absolute atomic E-state index is 0.251. The number of benzene rings is 2. The van der Waals surface area contributed by atoms with E-state index in [1.54, 1.807) is 12.1 Å². The van der Waals surface area contributed by atoms with Crippen LogP contribution in [0.5, 0.6) is 0 Å². The number of carbonyl (C=O) groups excluding carboxylic acids is 1. The summed E-state index contributed by atoms with van der Waals surface area (Å²) >= 11 is 0. The zero-order chi connectivity index (χ0) is 14.9. The van der Waals surface area contributed by atoms with Gasteiger partial charge in [-0.15, -0.1) is 0 Å². The smallest absolute Gasteiger partial charge is 0.289 e. The van der Waals surface area contributed by atoms with E-state index < -0.39 is 11.7 Å². The van der Waals surface area contributed by atoms with Crippen molar-refractivity contribution in [2.45, 2.75) is 20.0 Å². The van der Waals surface area contributed by atoms with Crippen LogP contribution >= 0.6 is 0 Å². The quantitative estimate of drug-likeness (QED) is 0.736. The molecule has 0 aliphatic heterocycles. The van der Waals surface area contributed by atoms with Crippen molar-refractivity contribution in [3.05, 3.63) is 70.3 Å². The summed E-state index contributed by atoms with van der Waals surface area (Å²) in [5.41, 5.74) is 2.01. The van der Waals surface area contributed by atoms with Crippen molar-refractivity contribution in [3.8, 4) is 0 Å². The van der Waals surface area contributed by atoms with Crippen molar-refractivity contribution in [1.29, 1.82) is 0 Å². The second-order valence-corrected chi connectivity index (χ2v) is 4.70. The van der Waals surface area contributed by atoms with Crippen LogP contribution in [0, 0.1) is 13.8 Å². The summed E-state index contributed by atoms with van der Waals surface area (Å²) < 4.78 is 37.4. The topological polar surface area (TPSA) is 17.1 Å². The average molecular weight is 278 g/mol. The van der Waals surface area contributed by atoms with Gasteiger partial charge in [-0.2, -0.15) is 13.2 Å². The fourth-order valence-electron chi connectivity index (χ4n) is 1.86. The molecule has 1 nitrogen and oxygen atoms in total. The Labute approximate surface area is 115 Å². The highest BCUT2D eigenvalue weighted by molar-refractivity contribution is 6.09. The molecule has 0 N–H and O–H groups in total. The molecule has 0 amide bonds. The molecule has 2 aromatic carbocycles. The summed E-state index contributed by atoms with van der Waals surface area (Å²) in [6, 6.07) is 9.52. The third-order valence-corrected chi connectivity index (χ3v) is 3.24. The van der Waals surface area contributed by atoms with Crippen LogP contribution in [0.4, 0.5) is 13.2 Å². The molecular weight excluding hydrogens is 265 g/mol. The Hall–Kier alpha value is -2.10. The number of halogens is 3. The summed E-state index contributed by atoms with van der Waals surface area (Å²) in [7, 11) is 0. The van der Waals surface area contributed by atoms with Crippen molar-refractivity contribution in [3.63, 3.8) is 0 Å². The van der Waals surface area contributed by atoms with Crippen molar-refractivity contribution in [2.75, 3.05) is 0 Å². The first-order valence-electron chi connectivity index (χ1n) is 6.08. The van der Waals surface area contributed by atoms with Crippen LogP contribution in [-0.4, -0.2) is 5.78 Å². The summed E-state index contributed by atoms with van der Waals surface area (Å²) in [4.78, 5) is 12.2. The van der Waals surface area contributed by atoms with Gasteiger partial charge in [0.2, 0.25) is 0 Å². The molecule has 2 rings (SSSR count). The van der Waals surface area contributed by atoms with Crippen molar-refractivity contribution in [2.24, 2.45) is 0 Å². The number of aryl methyl sites for hydroxylation is 2. The Kier molecular flexibility index (Phi) is 3.66. The Bertz CT molecular complexity index is 640. The van der Waals surface area contributed by atoms with Crippen molar-refractivity contribution >= 4 is 5.78 Å². The highest BCUT2D eigenvalue weighted by Gasteiger charge is 2.30. The lowest BCUT2D eigenvalue weighted by atomic mass is 9.98. The van der Waals surface area contributed by atoms with Crippen LogP contribution in [0.15, 0.2) is 42.5 Å². The van der Waals surface area contributed by atoms with E-state index >= 15 is 0 Å². The molecule has 20 heavy (non-hydrogen) atoms. The number of hydrogen-bond donors (Lipinski definition) is 0. The monoisotopic (exact) mass is 278 g/mol. The van der Waals surface area contributed by atoms with Gasteiger partial charge in [-0.3, -0.25) is 4.79 Å². The lowest BCUT2D eigenvalue weighted by Gasteiger charge is -2.08. The van der Waals surface area contributed by atoms with E-state index in [4.69, 9.17) is 0 Å². The third-order valence-electron chi connectivity index (χ3n) is 3.24. The molecule has 0 bridgehead atoms. The second kappa shape index (κ2) is 5.12. The van der Waals surface area contributed by atoms with Gasteiger partial charge in [0, 0.05) is 11.1 Å². The van der Waals surface area contributed by atoms with E-state index in [1.165, 1.54) is 12.1 Å². The Balaban J connectivity index is 2.31. The van der Waals surface area contributed by atoms with Crippen LogP contribution in [0.3, 0.4) is 0 Å². The van der Waals surface area contributed by atoms with Gasteiger partial charge in [-0.1, -0.05) is 24.3 Å². The molecule has 0 aromatic heterocycles. The number of carbonyl (C=O) groups is 1. The SMILES string of the molecule is Cc1ccc(C(=O)c2ccc(C(F)(F)F)cc2)cc1C. The van der Waals surface area contributed by atoms with Gasteiger partial charge in [0.05, 0.1) is 5.56 Å². The zero-order valence-corrected chi connectivity index (χ0v) is 11.1. The molecule has 0 spiro atoms. The molecular formula is C16H13F3O. The summed E-state index contributed by atoms with van der Waals surface area (Å²) in [5.74, 6) is -0.276. The van der Waals surface area contributed by atoms with Gasteiger partial charge >= 0.3 is 6.18 Å². The summed E-state index contributed by atoms with van der Waals surface area (Å²) in [6.07, 6.45) is -4.39. The van der Waals surface area contributed by atoms with Crippen molar-refractivity contribution < 1.29 is 18.0 Å². The largest absolute Gasteiger partial charge is 0.416 e. The molecule has 0 aliphatic carbocycles. The lowest BCUT2D eigenvalue weighted by molar-refractivity contribution is -0.137. The molecule has 0 saturated carbocycles. The minimum Gasteiger partial charge on any atom is -0.289 e. The molecule has 4 heteroatoms. The highest BCUT2D eigenvalue weighted by atomic mass is 19.4. The summed E-state index contributed by atoms with van der Waals surface area (Å²) in [5, 5.41) is 0. The first-order valence-corrected chi connectivity index (χ1v) is 6.08. The normalized spacial score (nSPS) is 11.4. The van der Waals surface area contributed by atoms with E-state index in [9.17, 15) is 18.0 Å². The van der Waals surface area contributed by atoms with Crippen LogP contribution < -0.4 is 0 Å². The minimum atomic E-state index is -4.39. The zero-order valence-electron chi connectivity index (χ0n) is 11.1. The Morgan fingerprint density at radius 3 is 1.90 bits per heavy atom. The van der Waals surface area contributed by atoms with E-state index in [0.29, 0.717) is 5.56 Å². The maximum atomic E-state index is 12.5. The maximum absolute atomic E-state index is 12.5. The second-order valence-electron chi connectivity index (χ2n) is 4.70. The van der Waals surface area contributed by atoms with Crippen LogP contribution in [0.1, 0.15) is 32.6 Å². The van der Waals surface area contributed by atoms with Crippen LogP contribution in [-0.2, 0) is 6.18 Å². The molecule has 0 radical (unpaired) electrons. The van der Waals surface area contributed by atoms with Crippen LogP contribution in [0.25, 0.3) is 0 Å². The van der Waals surface area contributed by atoms with E-state index in [1.807, 2.05) is 19.9 Å². The lowest BCUT2D eigenvalue weighted by Crippen LogP contribution is -2.06.